The van der Waals surface area contributed by atoms with Crippen LogP contribution in [0.5, 0.6) is 0 Å². The molecule has 1 atom stereocenters. The molecule has 7 heteroatoms. The third-order valence-corrected chi connectivity index (χ3v) is 4.75. The van der Waals surface area contributed by atoms with Gasteiger partial charge in [0, 0.05) is 19.0 Å². The van der Waals surface area contributed by atoms with Crippen LogP contribution < -0.4 is 10.6 Å². The lowest BCUT2D eigenvalue weighted by Crippen LogP contribution is -2.41. The smallest absolute Gasteiger partial charge is 0.325 e. The van der Waals surface area contributed by atoms with Crippen molar-refractivity contribution in [2.75, 3.05) is 6.54 Å². The summed E-state index contributed by atoms with van der Waals surface area (Å²) in [7, 11) is 0. The molecule has 1 fully saturated rings. The van der Waals surface area contributed by atoms with Crippen LogP contribution in [0.2, 0.25) is 0 Å². The van der Waals surface area contributed by atoms with Crippen molar-refractivity contribution in [1.82, 2.24) is 15.5 Å². The average molecular weight is 379 g/mol. The molecular formula is C21H21N3O4. The quantitative estimate of drug-likeness (QED) is 0.593. The molecule has 4 amide bonds. The van der Waals surface area contributed by atoms with Crippen LogP contribution in [0.3, 0.4) is 0 Å². The van der Waals surface area contributed by atoms with Gasteiger partial charge >= 0.3 is 6.03 Å². The molecule has 0 saturated carbocycles. The molecule has 2 N–H and O–H groups in total. The van der Waals surface area contributed by atoms with E-state index >= 15 is 0 Å². The number of nitrogens with zero attached hydrogens (tertiary/aromatic N) is 1. The van der Waals surface area contributed by atoms with E-state index in [1.165, 1.54) is 6.92 Å². The van der Waals surface area contributed by atoms with E-state index in [0.717, 1.165) is 10.5 Å². The highest BCUT2D eigenvalue weighted by atomic mass is 16.2. The predicted molar refractivity (Wildman–Crippen MR) is 102 cm³/mol. The lowest BCUT2D eigenvalue weighted by atomic mass is 9.92. The van der Waals surface area contributed by atoms with Crippen molar-refractivity contribution in [2.45, 2.75) is 25.9 Å². The van der Waals surface area contributed by atoms with Gasteiger partial charge in [0.1, 0.15) is 5.54 Å². The third kappa shape index (κ3) is 3.78. The molecule has 7 nitrogen and oxygen atoms in total. The topological polar surface area (TPSA) is 95.6 Å². The predicted octanol–water partition coefficient (Wildman–Crippen LogP) is 1.97. The molecule has 0 unspecified atom stereocenters. The van der Waals surface area contributed by atoms with E-state index in [1.807, 2.05) is 6.07 Å². The van der Waals surface area contributed by atoms with Crippen molar-refractivity contribution in [1.29, 1.82) is 0 Å². The molecule has 1 aliphatic heterocycles. The summed E-state index contributed by atoms with van der Waals surface area (Å²) >= 11 is 0. The minimum absolute atomic E-state index is 0.139. The molecule has 2 aromatic carbocycles. The van der Waals surface area contributed by atoms with Gasteiger partial charge in [0.05, 0.1) is 6.54 Å². The number of carbonyl (C=O) groups excluding carboxylic acids is 4. The van der Waals surface area contributed by atoms with Crippen molar-refractivity contribution in [3.63, 3.8) is 0 Å². The third-order valence-electron chi connectivity index (χ3n) is 4.75. The van der Waals surface area contributed by atoms with E-state index in [-0.39, 0.29) is 18.2 Å². The van der Waals surface area contributed by atoms with Crippen LogP contribution in [0.15, 0.2) is 54.6 Å². The van der Waals surface area contributed by atoms with Gasteiger partial charge in [0.2, 0.25) is 5.91 Å². The molecular weight excluding hydrogens is 358 g/mol. The maximum absolute atomic E-state index is 12.9. The van der Waals surface area contributed by atoms with Gasteiger partial charge in [-0.15, -0.1) is 0 Å². The van der Waals surface area contributed by atoms with Crippen LogP contribution in [0.4, 0.5) is 4.79 Å². The average Bonchev–Trinajstić information content (AvgIpc) is 2.91. The molecule has 0 radical (unpaired) electrons. The van der Waals surface area contributed by atoms with Crippen LogP contribution in [0.25, 0.3) is 0 Å². The lowest BCUT2D eigenvalue weighted by molar-refractivity contribution is -0.130. The fourth-order valence-electron chi connectivity index (χ4n) is 3.08. The Kier molecular flexibility index (Phi) is 5.26. The zero-order valence-electron chi connectivity index (χ0n) is 15.7. The van der Waals surface area contributed by atoms with E-state index < -0.39 is 17.5 Å². The summed E-state index contributed by atoms with van der Waals surface area (Å²) in [5, 5.41) is 5.36. The first-order valence-electron chi connectivity index (χ1n) is 8.87. The molecule has 1 aliphatic rings. The largest absolute Gasteiger partial charge is 0.352 e. The number of ketones is 1. The van der Waals surface area contributed by atoms with Gasteiger partial charge in [0.15, 0.2) is 5.78 Å². The summed E-state index contributed by atoms with van der Waals surface area (Å²) in [4.78, 5) is 49.7. The summed E-state index contributed by atoms with van der Waals surface area (Å²) in [5.41, 5.74) is 0.699. The minimum atomic E-state index is -1.19. The molecule has 144 valence electrons. The van der Waals surface area contributed by atoms with Crippen LogP contribution in [0.1, 0.15) is 35.3 Å². The fraction of sp³-hybridized carbons (Fsp3) is 0.238. The van der Waals surface area contributed by atoms with Crippen LogP contribution >= 0.6 is 0 Å². The van der Waals surface area contributed by atoms with Crippen molar-refractivity contribution in [2.24, 2.45) is 0 Å². The number of Topliss-reactive ketones (excluding diaryl/α,β-unsaturated/α-hetero) is 1. The van der Waals surface area contributed by atoms with E-state index in [1.54, 1.807) is 55.5 Å². The van der Waals surface area contributed by atoms with Crippen LogP contribution in [-0.4, -0.2) is 35.1 Å². The molecule has 0 aromatic heterocycles. The van der Waals surface area contributed by atoms with Crippen molar-refractivity contribution >= 4 is 23.6 Å². The van der Waals surface area contributed by atoms with Crippen molar-refractivity contribution in [3.8, 4) is 0 Å². The summed E-state index contributed by atoms with van der Waals surface area (Å²) in [6, 6.07) is 15.0. The zero-order valence-corrected chi connectivity index (χ0v) is 15.7. The normalized spacial score (nSPS) is 18.7. The van der Waals surface area contributed by atoms with E-state index in [9.17, 15) is 19.2 Å². The summed E-state index contributed by atoms with van der Waals surface area (Å²) in [6.07, 6.45) is 0. The molecule has 28 heavy (non-hydrogen) atoms. The fourth-order valence-corrected chi connectivity index (χ4v) is 3.08. The number of hydrogen-bond acceptors (Lipinski definition) is 4. The highest BCUT2D eigenvalue weighted by Crippen LogP contribution is 2.28. The van der Waals surface area contributed by atoms with Gasteiger partial charge in [-0.2, -0.15) is 0 Å². The number of nitrogens with one attached hydrogen (secondary N) is 2. The van der Waals surface area contributed by atoms with Crippen LogP contribution in [-0.2, 0) is 21.7 Å². The first-order valence-corrected chi connectivity index (χ1v) is 8.87. The van der Waals surface area contributed by atoms with E-state index in [0.29, 0.717) is 17.7 Å². The monoisotopic (exact) mass is 379 g/mol. The van der Waals surface area contributed by atoms with E-state index in [2.05, 4.69) is 10.6 Å². The standard InChI is InChI=1S/C21H21N3O4/c1-14(25)22-12-15-8-10-16(11-9-15)18(26)13-24-19(27)21(2,23-20(24)28)17-6-4-3-5-7-17/h3-11H,12-13H2,1-2H3,(H,22,25)(H,23,28)/t21-/m1/s1. The Morgan fingerprint density at radius 2 is 1.68 bits per heavy atom. The summed E-state index contributed by atoms with van der Waals surface area (Å²) < 4.78 is 0. The molecule has 1 saturated heterocycles. The van der Waals surface area contributed by atoms with Gasteiger partial charge in [-0.05, 0) is 18.1 Å². The number of carbonyl (C=O) groups is 4. The Hall–Kier alpha value is -3.48. The number of amides is 4. The Morgan fingerprint density at radius 1 is 1.04 bits per heavy atom. The SMILES string of the molecule is CC(=O)NCc1ccc(C(=O)CN2C(=O)N[C@](C)(c3ccccc3)C2=O)cc1. The molecule has 3 rings (SSSR count). The molecule has 0 aliphatic carbocycles. The maximum atomic E-state index is 12.9. The Balaban J connectivity index is 1.71. The second-order valence-corrected chi connectivity index (χ2v) is 6.84. The van der Waals surface area contributed by atoms with Gasteiger partial charge in [-0.3, -0.25) is 19.3 Å². The highest BCUT2D eigenvalue weighted by molar-refractivity contribution is 6.11. The summed E-state index contributed by atoms with van der Waals surface area (Å²) in [5.74, 6) is -0.939. The Labute approximate surface area is 162 Å². The molecule has 0 bridgehead atoms. The Morgan fingerprint density at radius 3 is 2.29 bits per heavy atom. The van der Waals surface area contributed by atoms with Crippen molar-refractivity contribution < 1.29 is 19.2 Å². The second-order valence-electron chi connectivity index (χ2n) is 6.84. The molecule has 0 spiro atoms. The minimum Gasteiger partial charge on any atom is -0.352 e. The number of hydrogen-bond donors (Lipinski definition) is 2. The van der Waals surface area contributed by atoms with Gasteiger partial charge < -0.3 is 10.6 Å². The van der Waals surface area contributed by atoms with Gasteiger partial charge in [-0.25, -0.2) is 4.79 Å². The Bertz CT molecular complexity index is 924. The zero-order chi connectivity index (χ0) is 20.3. The molecule has 2 aromatic rings. The first kappa shape index (κ1) is 19.3. The molecule has 1 heterocycles. The van der Waals surface area contributed by atoms with Crippen molar-refractivity contribution in [3.05, 3.63) is 71.3 Å². The van der Waals surface area contributed by atoms with Gasteiger partial charge in [-0.1, -0.05) is 54.6 Å². The summed E-state index contributed by atoms with van der Waals surface area (Å²) in [6.45, 7) is 3.09. The van der Waals surface area contributed by atoms with E-state index in [4.69, 9.17) is 0 Å². The first-order chi connectivity index (χ1) is 13.3. The number of urea groups is 1. The van der Waals surface area contributed by atoms with Gasteiger partial charge in [0.25, 0.3) is 5.91 Å². The number of benzene rings is 2. The lowest BCUT2D eigenvalue weighted by Gasteiger charge is -2.22. The number of rotatable bonds is 6. The number of imide groups is 1. The van der Waals surface area contributed by atoms with Crippen LogP contribution in [0, 0.1) is 0 Å². The highest BCUT2D eigenvalue weighted by Gasteiger charge is 2.49. The second kappa shape index (κ2) is 7.64. The maximum Gasteiger partial charge on any atom is 0.325 e.